The lowest BCUT2D eigenvalue weighted by molar-refractivity contribution is 0.628. The Kier molecular flexibility index (Phi) is 2.79. The van der Waals surface area contributed by atoms with E-state index >= 15 is 0 Å². The van der Waals surface area contributed by atoms with Crippen LogP contribution in [0.25, 0.3) is 22.0 Å². The van der Waals surface area contributed by atoms with E-state index in [0.29, 0.717) is 5.13 Å². The zero-order valence-corrected chi connectivity index (χ0v) is 11.0. The largest absolute Gasteiger partial charge is 0.375 e. The van der Waals surface area contributed by atoms with Gasteiger partial charge in [0.25, 0.3) is 0 Å². The molecule has 2 aromatic heterocycles. The SMILES string of the molecule is Cn1ccnc1-c1nc(N)sc1-c1ccc(F)cc1. The molecular formula is C13H11FN4S. The third-order valence-electron chi connectivity index (χ3n) is 2.78. The third kappa shape index (κ3) is 2.10. The summed E-state index contributed by atoms with van der Waals surface area (Å²) in [5.74, 6) is 0.479. The van der Waals surface area contributed by atoms with Crippen molar-refractivity contribution >= 4 is 16.5 Å². The van der Waals surface area contributed by atoms with Crippen LogP contribution in [0.1, 0.15) is 0 Å². The van der Waals surface area contributed by atoms with Gasteiger partial charge in [-0.2, -0.15) is 0 Å². The van der Waals surface area contributed by atoms with Crippen molar-refractivity contribution in [2.45, 2.75) is 0 Å². The monoisotopic (exact) mass is 274 g/mol. The predicted molar refractivity (Wildman–Crippen MR) is 74.1 cm³/mol. The number of aromatic nitrogens is 3. The average molecular weight is 274 g/mol. The first-order chi connectivity index (χ1) is 9.15. The van der Waals surface area contributed by atoms with Crippen LogP contribution >= 0.6 is 11.3 Å². The van der Waals surface area contributed by atoms with E-state index in [1.54, 1.807) is 18.3 Å². The molecule has 0 bridgehead atoms. The summed E-state index contributed by atoms with van der Waals surface area (Å²) in [5.41, 5.74) is 7.41. The second-order valence-electron chi connectivity index (χ2n) is 4.10. The van der Waals surface area contributed by atoms with Gasteiger partial charge in [0.1, 0.15) is 11.5 Å². The van der Waals surface area contributed by atoms with Gasteiger partial charge in [-0.15, -0.1) is 0 Å². The Hall–Kier alpha value is -2.21. The minimum absolute atomic E-state index is 0.264. The average Bonchev–Trinajstić information content (AvgIpc) is 2.96. The first-order valence-electron chi connectivity index (χ1n) is 5.65. The molecule has 6 heteroatoms. The van der Waals surface area contributed by atoms with Crippen LogP contribution in [0.4, 0.5) is 9.52 Å². The molecule has 0 fully saturated rings. The standard InChI is InChI=1S/C13H11FN4S/c1-18-7-6-16-12(18)10-11(19-13(15)17-10)8-2-4-9(14)5-3-8/h2-7H,1H3,(H2,15,17). The number of benzene rings is 1. The Labute approximate surface area is 113 Å². The molecule has 0 radical (unpaired) electrons. The van der Waals surface area contributed by atoms with Crippen LogP contribution in [0.5, 0.6) is 0 Å². The fourth-order valence-corrected chi connectivity index (χ4v) is 2.71. The molecule has 2 heterocycles. The number of nitrogen functional groups attached to an aromatic ring is 1. The summed E-state index contributed by atoms with van der Waals surface area (Å²) in [6, 6.07) is 6.28. The van der Waals surface area contributed by atoms with Crippen LogP contribution in [0.2, 0.25) is 0 Å². The van der Waals surface area contributed by atoms with E-state index < -0.39 is 0 Å². The number of halogens is 1. The van der Waals surface area contributed by atoms with Crippen molar-refractivity contribution in [3.8, 4) is 22.0 Å². The Morgan fingerprint density at radius 1 is 1.26 bits per heavy atom. The zero-order chi connectivity index (χ0) is 13.4. The van der Waals surface area contributed by atoms with Crippen LogP contribution in [0.3, 0.4) is 0 Å². The minimum Gasteiger partial charge on any atom is -0.375 e. The van der Waals surface area contributed by atoms with Crippen LogP contribution in [0, 0.1) is 5.82 Å². The van der Waals surface area contributed by atoms with Crippen molar-refractivity contribution in [3.05, 3.63) is 42.5 Å². The number of rotatable bonds is 2. The Balaban J connectivity index is 2.17. The van der Waals surface area contributed by atoms with E-state index in [1.165, 1.54) is 23.5 Å². The number of anilines is 1. The third-order valence-corrected chi connectivity index (χ3v) is 3.72. The van der Waals surface area contributed by atoms with Crippen molar-refractivity contribution in [3.63, 3.8) is 0 Å². The van der Waals surface area contributed by atoms with Gasteiger partial charge in [-0.25, -0.2) is 14.4 Å². The van der Waals surface area contributed by atoms with Crippen LogP contribution in [0.15, 0.2) is 36.7 Å². The highest BCUT2D eigenvalue weighted by molar-refractivity contribution is 7.19. The fourth-order valence-electron chi connectivity index (χ4n) is 1.88. The number of imidazole rings is 1. The van der Waals surface area contributed by atoms with E-state index in [1.807, 2.05) is 17.8 Å². The van der Waals surface area contributed by atoms with Gasteiger partial charge < -0.3 is 10.3 Å². The maximum Gasteiger partial charge on any atom is 0.181 e. The van der Waals surface area contributed by atoms with Gasteiger partial charge in [0.05, 0.1) is 4.88 Å². The maximum atomic E-state index is 13.0. The molecule has 0 amide bonds. The van der Waals surface area contributed by atoms with E-state index in [4.69, 9.17) is 5.73 Å². The second kappa shape index (κ2) is 4.47. The number of aryl methyl sites for hydroxylation is 1. The smallest absolute Gasteiger partial charge is 0.181 e. The van der Waals surface area contributed by atoms with Crippen LogP contribution < -0.4 is 5.73 Å². The number of hydrogen-bond donors (Lipinski definition) is 1. The number of nitrogens with zero attached hydrogens (tertiary/aromatic N) is 3. The van der Waals surface area contributed by atoms with Crippen LogP contribution in [-0.4, -0.2) is 14.5 Å². The lowest BCUT2D eigenvalue weighted by Gasteiger charge is -2.02. The highest BCUT2D eigenvalue weighted by Gasteiger charge is 2.16. The van der Waals surface area contributed by atoms with Gasteiger partial charge in [-0.1, -0.05) is 23.5 Å². The van der Waals surface area contributed by atoms with Crippen molar-refractivity contribution in [2.75, 3.05) is 5.73 Å². The molecule has 96 valence electrons. The summed E-state index contributed by atoms with van der Waals surface area (Å²) >= 11 is 1.37. The lowest BCUT2D eigenvalue weighted by Crippen LogP contribution is -1.93. The summed E-state index contributed by atoms with van der Waals surface area (Å²) in [5, 5.41) is 0.470. The molecule has 1 aromatic carbocycles. The van der Waals surface area contributed by atoms with Gasteiger partial charge in [0.2, 0.25) is 0 Å². The molecule has 2 N–H and O–H groups in total. The minimum atomic E-state index is -0.264. The lowest BCUT2D eigenvalue weighted by atomic mass is 10.1. The topological polar surface area (TPSA) is 56.7 Å². The molecule has 0 saturated heterocycles. The molecule has 0 saturated carbocycles. The Morgan fingerprint density at radius 2 is 2.00 bits per heavy atom. The molecular weight excluding hydrogens is 263 g/mol. The molecule has 4 nitrogen and oxygen atoms in total. The predicted octanol–water partition coefficient (Wildman–Crippen LogP) is 2.93. The highest BCUT2D eigenvalue weighted by atomic mass is 32.1. The quantitative estimate of drug-likeness (QED) is 0.781. The molecule has 0 unspecified atom stereocenters. The van der Waals surface area contributed by atoms with E-state index in [-0.39, 0.29) is 5.82 Å². The van der Waals surface area contributed by atoms with Crippen molar-refractivity contribution in [1.82, 2.24) is 14.5 Å². The molecule has 0 aliphatic carbocycles. The maximum absolute atomic E-state index is 13.0. The molecule has 19 heavy (non-hydrogen) atoms. The Bertz CT molecular complexity index is 715. The van der Waals surface area contributed by atoms with E-state index in [9.17, 15) is 4.39 Å². The summed E-state index contributed by atoms with van der Waals surface area (Å²) < 4.78 is 14.9. The van der Waals surface area contributed by atoms with Crippen molar-refractivity contribution in [2.24, 2.45) is 7.05 Å². The summed E-state index contributed by atoms with van der Waals surface area (Å²) in [6.07, 6.45) is 3.55. The summed E-state index contributed by atoms with van der Waals surface area (Å²) in [7, 11) is 1.90. The summed E-state index contributed by atoms with van der Waals surface area (Å²) in [4.78, 5) is 9.51. The molecule has 3 rings (SSSR count). The van der Waals surface area contributed by atoms with E-state index in [2.05, 4.69) is 9.97 Å². The number of nitrogens with two attached hydrogens (primary N) is 1. The molecule has 3 aromatic rings. The molecule has 0 spiro atoms. The van der Waals surface area contributed by atoms with Gasteiger partial charge in [0.15, 0.2) is 11.0 Å². The second-order valence-corrected chi connectivity index (χ2v) is 5.13. The molecule has 0 aliphatic rings. The Morgan fingerprint density at radius 3 is 2.63 bits per heavy atom. The molecule has 0 aliphatic heterocycles. The first kappa shape index (κ1) is 11.9. The number of hydrogen-bond acceptors (Lipinski definition) is 4. The summed E-state index contributed by atoms with van der Waals surface area (Å²) in [6.45, 7) is 0. The van der Waals surface area contributed by atoms with Gasteiger partial charge in [0, 0.05) is 19.4 Å². The van der Waals surface area contributed by atoms with Gasteiger partial charge >= 0.3 is 0 Å². The normalized spacial score (nSPS) is 10.8. The highest BCUT2D eigenvalue weighted by Crippen LogP contribution is 2.37. The number of thiazole rings is 1. The van der Waals surface area contributed by atoms with Gasteiger partial charge in [-0.3, -0.25) is 0 Å². The van der Waals surface area contributed by atoms with Crippen LogP contribution in [-0.2, 0) is 7.05 Å². The van der Waals surface area contributed by atoms with Crippen molar-refractivity contribution < 1.29 is 4.39 Å². The van der Waals surface area contributed by atoms with Gasteiger partial charge in [-0.05, 0) is 17.7 Å². The van der Waals surface area contributed by atoms with E-state index in [0.717, 1.165) is 22.0 Å². The zero-order valence-electron chi connectivity index (χ0n) is 10.2. The molecule has 0 atom stereocenters. The first-order valence-corrected chi connectivity index (χ1v) is 6.47. The fraction of sp³-hybridized carbons (Fsp3) is 0.0769. The van der Waals surface area contributed by atoms with Crippen molar-refractivity contribution in [1.29, 1.82) is 0 Å².